The maximum atomic E-state index is 11.4. The van der Waals surface area contributed by atoms with Crippen LogP contribution < -0.4 is 5.32 Å². The molecule has 0 aliphatic carbocycles. The van der Waals surface area contributed by atoms with Gasteiger partial charge in [-0.2, -0.15) is 0 Å². The van der Waals surface area contributed by atoms with E-state index in [1.165, 1.54) is 13.2 Å². The number of benzene rings is 1. The number of carboxylic acid groups (broad SMARTS) is 1. The molecule has 0 radical (unpaired) electrons. The summed E-state index contributed by atoms with van der Waals surface area (Å²) < 4.78 is 5.11. The van der Waals surface area contributed by atoms with E-state index in [0.29, 0.717) is 10.2 Å². The zero-order valence-electron chi connectivity index (χ0n) is 9.84. The molecule has 0 saturated heterocycles. The third kappa shape index (κ3) is 4.55. The van der Waals surface area contributed by atoms with Gasteiger partial charge in [-0.3, -0.25) is 4.79 Å². The lowest BCUT2D eigenvalue weighted by Crippen LogP contribution is -2.10. The number of aliphatic carboxylic acids is 1. The van der Waals surface area contributed by atoms with Crippen molar-refractivity contribution in [2.45, 2.75) is 0 Å². The van der Waals surface area contributed by atoms with Crippen LogP contribution in [-0.4, -0.2) is 30.1 Å². The van der Waals surface area contributed by atoms with Crippen LogP contribution in [0.25, 0.3) is 0 Å². The van der Waals surface area contributed by atoms with Crippen molar-refractivity contribution in [3.63, 3.8) is 0 Å². The van der Waals surface area contributed by atoms with Crippen molar-refractivity contribution in [3.05, 3.63) is 40.4 Å². The second kappa shape index (κ2) is 6.69. The second-order valence-electron chi connectivity index (χ2n) is 3.35. The molecule has 0 spiro atoms. The van der Waals surface area contributed by atoms with Crippen molar-refractivity contribution in [1.29, 1.82) is 0 Å². The Bertz CT molecular complexity index is 553. The summed E-state index contributed by atoms with van der Waals surface area (Å²) in [6.45, 7) is 0. The molecule has 0 atom stereocenters. The monoisotopic (exact) mass is 327 g/mol. The Morgan fingerprint density at radius 2 is 2.00 bits per heavy atom. The zero-order chi connectivity index (χ0) is 14.4. The summed E-state index contributed by atoms with van der Waals surface area (Å²) in [6.07, 6.45) is 1.59. The molecule has 0 heterocycles. The number of carboxylic acids is 1. The number of carbonyl (C=O) groups excluding carboxylic acids is 2. The van der Waals surface area contributed by atoms with Gasteiger partial charge < -0.3 is 15.2 Å². The quantitative estimate of drug-likeness (QED) is 0.650. The van der Waals surface area contributed by atoms with Gasteiger partial charge >= 0.3 is 11.9 Å². The van der Waals surface area contributed by atoms with Gasteiger partial charge in [0.2, 0.25) is 5.91 Å². The Labute approximate surface area is 117 Å². The van der Waals surface area contributed by atoms with E-state index in [9.17, 15) is 14.4 Å². The molecule has 1 rings (SSSR count). The minimum Gasteiger partial charge on any atom is -0.478 e. The van der Waals surface area contributed by atoms with Gasteiger partial charge in [-0.1, -0.05) is 0 Å². The molecular weight excluding hydrogens is 318 g/mol. The first-order valence-electron chi connectivity index (χ1n) is 5.04. The van der Waals surface area contributed by atoms with E-state index < -0.39 is 17.8 Å². The van der Waals surface area contributed by atoms with Crippen LogP contribution in [0.15, 0.2) is 34.8 Å². The number of esters is 1. The van der Waals surface area contributed by atoms with E-state index in [0.717, 1.165) is 12.2 Å². The van der Waals surface area contributed by atoms with Crippen molar-refractivity contribution in [3.8, 4) is 0 Å². The molecule has 0 aliphatic rings. The van der Waals surface area contributed by atoms with Crippen LogP contribution in [0.3, 0.4) is 0 Å². The first kappa shape index (κ1) is 14.9. The maximum Gasteiger partial charge on any atom is 0.339 e. The molecule has 2 N–H and O–H groups in total. The van der Waals surface area contributed by atoms with Crippen LogP contribution in [0.5, 0.6) is 0 Å². The summed E-state index contributed by atoms with van der Waals surface area (Å²) in [5, 5.41) is 10.8. The highest BCUT2D eigenvalue weighted by molar-refractivity contribution is 9.10. The lowest BCUT2D eigenvalue weighted by Gasteiger charge is -2.06. The van der Waals surface area contributed by atoms with Crippen molar-refractivity contribution >= 4 is 39.5 Å². The third-order valence-electron chi connectivity index (χ3n) is 2.02. The van der Waals surface area contributed by atoms with Gasteiger partial charge in [0.15, 0.2) is 0 Å². The normalized spacial score (nSPS) is 10.2. The summed E-state index contributed by atoms with van der Waals surface area (Å²) in [7, 11) is 1.25. The largest absolute Gasteiger partial charge is 0.478 e. The molecule has 0 fully saturated rings. The number of rotatable bonds is 4. The lowest BCUT2D eigenvalue weighted by atomic mass is 10.2. The molecule has 0 unspecified atom stereocenters. The van der Waals surface area contributed by atoms with Gasteiger partial charge in [0, 0.05) is 22.3 Å². The fraction of sp³-hybridized carbons (Fsp3) is 0.0833. The van der Waals surface area contributed by atoms with Crippen LogP contribution in [-0.2, 0) is 14.3 Å². The van der Waals surface area contributed by atoms with E-state index in [-0.39, 0.29) is 5.56 Å². The first-order valence-corrected chi connectivity index (χ1v) is 5.83. The molecule has 7 heteroatoms. The standard InChI is InChI=1S/C12H10BrNO5/c1-19-12(18)8-6-7(2-3-9(8)13)14-10(15)4-5-11(16)17/h2-6H,1H3,(H,14,15)(H,16,17)/b5-4-. The molecule has 6 nitrogen and oxygen atoms in total. The molecule has 19 heavy (non-hydrogen) atoms. The molecular formula is C12H10BrNO5. The first-order chi connectivity index (χ1) is 8.93. The van der Waals surface area contributed by atoms with Crippen molar-refractivity contribution in [1.82, 2.24) is 0 Å². The van der Waals surface area contributed by atoms with Crippen molar-refractivity contribution in [2.75, 3.05) is 12.4 Å². The van der Waals surface area contributed by atoms with E-state index >= 15 is 0 Å². The molecule has 100 valence electrons. The number of halogens is 1. The van der Waals surface area contributed by atoms with Crippen molar-refractivity contribution in [2.24, 2.45) is 0 Å². The summed E-state index contributed by atoms with van der Waals surface area (Å²) in [5.41, 5.74) is 0.603. The number of anilines is 1. The van der Waals surface area contributed by atoms with E-state index in [1.54, 1.807) is 12.1 Å². The van der Waals surface area contributed by atoms with Crippen LogP contribution in [0.1, 0.15) is 10.4 Å². The van der Waals surface area contributed by atoms with Gasteiger partial charge in [-0.05, 0) is 34.1 Å². The number of nitrogens with one attached hydrogen (secondary N) is 1. The van der Waals surface area contributed by atoms with Gasteiger partial charge in [-0.15, -0.1) is 0 Å². The SMILES string of the molecule is COC(=O)c1cc(NC(=O)/C=C\C(=O)O)ccc1Br. The Kier molecular flexibility index (Phi) is 5.25. The zero-order valence-corrected chi connectivity index (χ0v) is 11.4. The minimum absolute atomic E-state index is 0.252. The third-order valence-corrected chi connectivity index (χ3v) is 2.71. The minimum atomic E-state index is -1.22. The molecule has 0 saturated carbocycles. The highest BCUT2D eigenvalue weighted by Crippen LogP contribution is 2.21. The predicted molar refractivity (Wildman–Crippen MR) is 70.9 cm³/mol. The van der Waals surface area contributed by atoms with Gasteiger partial charge in [0.1, 0.15) is 0 Å². The second-order valence-corrected chi connectivity index (χ2v) is 4.20. The maximum absolute atomic E-state index is 11.4. The number of methoxy groups -OCH3 is 1. The van der Waals surface area contributed by atoms with Gasteiger partial charge in [-0.25, -0.2) is 9.59 Å². The molecule has 1 aromatic rings. The number of hydrogen-bond acceptors (Lipinski definition) is 4. The fourth-order valence-electron chi connectivity index (χ4n) is 1.20. The summed E-state index contributed by atoms with van der Waals surface area (Å²) in [4.78, 5) is 33.0. The van der Waals surface area contributed by atoms with Crippen LogP contribution in [0.4, 0.5) is 5.69 Å². The predicted octanol–water partition coefficient (Wildman–Crippen LogP) is 1.82. The lowest BCUT2D eigenvalue weighted by molar-refractivity contribution is -0.131. The highest BCUT2D eigenvalue weighted by Gasteiger charge is 2.11. The number of hydrogen-bond donors (Lipinski definition) is 2. The molecule has 0 aliphatic heterocycles. The number of ether oxygens (including phenoxy) is 1. The van der Waals surface area contributed by atoms with Gasteiger partial charge in [0.05, 0.1) is 12.7 Å². The molecule has 1 amide bonds. The summed E-state index contributed by atoms with van der Waals surface area (Å²) >= 11 is 3.18. The van der Waals surface area contributed by atoms with E-state index in [1.807, 2.05) is 0 Å². The topological polar surface area (TPSA) is 92.7 Å². The Morgan fingerprint density at radius 3 is 2.58 bits per heavy atom. The molecule has 0 aromatic heterocycles. The van der Waals surface area contributed by atoms with Crippen LogP contribution in [0, 0.1) is 0 Å². The van der Waals surface area contributed by atoms with E-state index in [2.05, 4.69) is 26.0 Å². The van der Waals surface area contributed by atoms with E-state index in [4.69, 9.17) is 5.11 Å². The Balaban J connectivity index is 2.88. The van der Waals surface area contributed by atoms with Crippen LogP contribution >= 0.6 is 15.9 Å². The fourth-order valence-corrected chi connectivity index (χ4v) is 1.61. The van der Waals surface area contributed by atoms with Crippen LogP contribution in [0.2, 0.25) is 0 Å². The number of carbonyl (C=O) groups is 3. The Morgan fingerprint density at radius 1 is 1.32 bits per heavy atom. The average molecular weight is 328 g/mol. The molecule has 0 bridgehead atoms. The summed E-state index contributed by atoms with van der Waals surface area (Å²) in [5.74, 6) is -2.38. The number of amides is 1. The highest BCUT2D eigenvalue weighted by atomic mass is 79.9. The summed E-state index contributed by atoms with van der Waals surface area (Å²) in [6, 6.07) is 4.55. The van der Waals surface area contributed by atoms with Gasteiger partial charge in [0.25, 0.3) is 0 Å². The average Bonchev–Trinajstić information content (AvgIpc) is 2.37. The smallest absolute Gasteiger partial charge is 0.339 e. The van der Waals surface area contributed by atoms with Crippen molar-refractivity contribution < 1.29 is 24.2 Å². The Hall–Kier alpha value is -2.15. The molecule has 1 aromatic carbocycles.